The molecule has 1 aromatic heterocycles. The van der Waals surface area contributed by atoms with E-state index in [0.29, 0.717) is 22.9 Å². The fraction of sp³-hybridized carbons (Fsp3) is 0.227. The van der Waals surface area contributed by atoms with Crippen molar-refractivity contribution in [3.05, 3.63) is 81.0 Å². The number of aromatic nitrogens is 2. The second kappa shape index (κ2) is 9.77. The molecule has 2 N–H and O–H groups in total. The molecule has 4 rings (SSSR count). The number of halogens is 2. The first-order valence-corrected chi connectivity index (χ1v) is 11.7. The second-order valence-corrected chi connectivity index (χ2v) is 8.92. The van der Waals surface area contributed by atoms with E-state index in [0.717, 1.165) is 34.7 Å². The van der Waals surface area contributed by atoms with Crippen LogP contribution in [0.1, 0.15) is 27.2 Å². The number of nitrogens with one attached hydrogen (secondary N) is 2. The number of carbonyl (C=O) groups excluding carboxylic acids is 2. The Bertz CT molecular complexity index is 1120. The zero-order valence-corrected chi connectivity index (χ0v) is 18.9. The second-order valence-electron chi connectivity index (χ2n) is 7.09. The van der Waals surface area contributed by atoms with Crippen molar-refractivity contribution in [1.29, 1.82) is 0 Å². The van der Waals surface area contributed by atoms with Crippen LogP contribution in [0.15, 0.2) is 48.5 Å². The number of thioether (sulfide) groups is 1. The van der Waals surface area contributed by atoms with Crippen molar-refractivity contribution in [3.8, 4) is 0 Å². The molecule has 9 heteroatoms. The summed E-state index contributed by atoms with van der Waals surface area (Å²) in [5.74, 6) is 1.49. The van der Waals surface area contributed by atoms with Gasteiger partial charge in [-0.1, -0.05) is 53.5 Å². The molecule has 1 aliphatic rings. The third kappa shape index (κ3) is 5.23. The van der Waals surface area contributed by atoms with E-state index in [2.05, 4.69) is 15.7 Å². The third-order valence-corrected chi connectivity index (χ3v) is 6.42. The maximum absolute atomic E-state index is 12.8. The molecular weight excluding hydrogens is 455 g/mol. The largest absolute Gasteiger partial charge is 0.354 e. The molecule has 0 aliphatic carbocycles. The first-order chi connectivity index (χ1) is 15.0. The first kappa shape index (κ1) is 21.7. The van der Waals surface area contributed by atoms with Crippen LogP contribution >= 0.6 is 35.0 Å². The van der Waals surface area contributed by atoms with Crippen molar-refractivity contribution >= 4 is 52.6 Å². The van der Waals surface area contributed by atoms with Crippen molar-refractivity contribution in [2.45, 2.75) is 24.5 Å². The van der Waals surface area contributed by atoms with E-state index in [-0.39, 0.29) is 23.4 Å². The Morgan fingerprint density at radius 1 is 1.10 bits per heavy atom. The monoisotopic (exact) mass is 474 g/mol. The molecule has 2 aromatic carbocycles. The highest BCUT2D eigenvalue weighted by Gasteiger charge is 2.25. The van der Waals surface area contributed by atoms with Gasteiger partial charge in [0.15, 0.2) is 0 Å². The number of amides is 2. The Kier molecular flexibility index (Phi) is 6.85. The van der Waals surface area contributed by atoms with Gasteiger partial charge < -0.3 is 10.6 Å². The predicted molar refractivity (Wildman–Crippen MR) is 125 cm³/mol. The molecule has 3 aromatic rings. The number of rotatable bonds is 7. The summed E-state index contributed by atoms with van der Waals surface area (Å²) < 4.78 is 1.56. The minimum Gasteiger partial charge on any atom is -0.354 e. The minimum absolute atomic E-state index is 0.0242. The Hall–Kier alpha value is -2.48. The smallest absolute Gasteiger partial charge is 0.258 e. The van der Waals surface area contributed by atoms with Gasteiger partial charge in [-0.15, -0.1) is 0 Å². The molecule has 0 spiro atoms. The van der Waals surface area contributed by atoms with Gasteiger partial charge in [0.05, 0.1) is 16.3 Å². The predicted octanol–water partition coefficient (Wildman–Crippen LogP) is 4.55. The zero-order chi connectivity index (χ0) is 21.8. The Labute approximate surface area is 194 Å². The maximum atomic E-state index is 12.8. The fourth-order valence-corrected chi connectivity index (χ4v) is 4.88. The molecule has 2 heterocycles. The van der Waals surface area contributed by atoms with Crippen LogP contribution < -0.4 is 10.6 Å². The maximum Gasteiger partial charge on any atom is 0.258 e. The van der Waals surface area contributed by atoms with Crippen LogP contribution in [0.3, 0.4) is 0 Å². The van der Waals surface area contributed by atoms with E-state index in [4.69, 9.17) is 23.2 Å². The van der Waals surface area contributed by atoms with Gasteiger partial charge in [0.25, 0.3) is 5.91 Å². The van der Waals surface area contributed by atoms with Crippen LogP contribution in [0.5, 0.6) is 0 Å². The van der Waals surface area contributed by atoms with Crippen LogP contribution in [0.4, 0.5) is 5.82 Å². The van der Waals surface area contributed by atoms with Gasteiger partial charge in [-0.05, 0) is 30.2 Å². The van der Waals surface area contributed by atoms with E-state index in [1.54, 1.807) is 28.6 Å². The van der Waals surface area contributed by atoms with Crippen molar-refractivity contribution < 1.29 is 9.59 Å². The molecule has 0 unspecified atom stereocenters. The highest BCUT2D eigenvalue weighted by Crippen LogP contribution is 2.35. The first-order valence-electron chi connectivity index (χ1n) is 9.74. The van der Waals surface area contributed by atoms with E-state index in [1.807, 2.05) is 30.3 Å². The summed E-state index contributed by atoms with van der Waals surface area (Å²) in [4.78, 5) is 25.3. The SMILES string of the molecule is O=C(Cn1nc2c(c1NC(=O)c1ccc(Cl)cc1Cl)CSC2)NCCc1ccccc1. The lowest BCUT2D eigenvalue weighted by atomic mass is 10.1. The minimum atomic E-state index is -0.369. The summed E-state index contributed by atoms with van der Waals surface area (Å²) in [6, 6.07) is 14.7. The Morgan fingerprint density at radius 3 is 2.68 bits per heavy atom. The molecule has 0 saturated carbocycles. The quantitative estimate of drug-likeness (QED) is 0.526. The van der Waals surface area contributed by atoms with Gasteiger partial charge in [-0.2, -0.15) is 16.9 Å². The Morgan fingerprint density at radius 2 is 1.90 bits per heavy atom. The van der Waals surface area contributed by atoms with Gasteiger partial charge >= 0.3 is 0 Å². The molecule has 0 atom stereocenters. The van der Waals surface area contributed by atoms with Crippen LogP contribution in [-0.2, 0) is 29.3 Å². The zero-order valence-electron chi connectivity index (χ0n) is 16.5. The molecule has 6 nitrogen and oxygen atoms in total. The molecule has 1 aliphatic heterocycles. The number of nitrogens with zero attached hydrogens (tertiary/aromatic N) is 2. The van der Waals surface area contributed by atoms with Gasteiger partial charge in [0, 0.05) is 28.6 Å². The lowest BCUT2D eigenvalue weighted by molar-refractivity contribution is -0.121. The van der Waals surface area contributed by atoms with Gasteiger partial charge in [-0.3, -0.25) is 9.59 Å². The van der Waals surface area contributed by atoms with Gasteiger partial charge in [0.2, 0.25) is 5.91 Å². The van der Waals surface area contributed by atoms with E-state index >= 15 is 0 Å². The summed E-state index contributed by atoms with van der Waals surface area (Å²) in [6.45, 7) is 0.554. The summed E-state index contributed by atoms with van der Waals surface area (Å²) in [6.07, 6.45) is 0.748. The average Bonchev–Trinajstić information content (AvgIpc) is 3.31. The Balaban J connectivity index is 1.45. The molecule has 160 valence electrons. The van der Waals surface area contributed by atoms with Crippen LogP contribution in [0.25, 0.3) is 0 Å². The van der Waals surface area contributed by atoms with Gasteiger partial charge in [-0.25, -0.2) is 4.68 Å². The van der Waals surface area contributed by atoms with E-state index in [1.165, 1.54) is 6.07 Å². The van der Waals surface area contributed by atoms with Gasteiger partial charge in [0.1, 0.15) is 12.4 Å². The van der Waals surface area contributed by atoms with Crippen LogP contribution in [0.2, 0.25) is 10.0 Å². The number of anilines is 1. The lowest BCUT2D eigenvalue weighted by Crippen LogP contribution is -2.30. The topological polar surface area (TPSA) is 76.0 Å². The molecule has 2 amide bonds. The number of hydrogen-bond acceptors (Lipinski definition) is 4. The standard InChI is InChI=1S/C22H20Cl2N4O2S/c23-15-6-7-16(18(24)10-15)22(30)26-21-17-12-31-13-19(17)27-28(21)11-20(29)25-9-8-14-4-2-1-3-5-14/h1-7,10H,8-9,11-13H2,(H,25,29)(H,26,30). The summed E-state index contributed by atoms with van der Waals surface area (Å²) in [5, 5.41) is 11.1. The normalized spacial score (nSPS) is 12.5. The molecule has 0 bridgehead atoms. The molecule has 0 fully saturated rings. The van der Waals surface area contributed by atoms with Crippen molar-refractivity contribution in [2.75, 3.05) is 11.9 Å². The van der Waals surface area contributed by atoms with Crippen LogP contribution in [-0.4, -0.2) is 28.1 Å². The van der Waals surface area contributed by atoms with E-state index in [9.17, 15) is 9.59 Å². The summed E-state index contributed by atoms with van der Waals surface area (Å²) >= 11 is 13.8. The number of benzene rings is 2. The summed E-state index contributed by atoms with van der Waals surface area (Å²) in [7, 11) is 0. The third-order valence-electron chi connectivity index (χ3n) is 4.90. The van der Waals surface area contributed by atoms with Crippen molar-refractivity contribution in [3.63, 3.8) is 0 Å². The molecule has 31 heavy (non-hydrogen) atoms. The molecule has 0 saturated heterocycles. The average molecular weight is 475 g/mol. The number of hydrogen-bond donors (Lipinski definition) is 2. The van der Waals surface area contributed by atoms with Crippen molar-refractivity contribution in [1.82, 2.24) is 15.1 Å². The summed E-state index contributed by atoms with van der Waals surface area (Å²) in [5.41, 5.74) is 3.30. The highest BCUT2D eigenvalue weighted by atomic mass is 35.5. The fourth-order valence-electron chi connectivity index (χ4n) is 3.35. The lowest BCUT2D eigenvalue weighted by Gasteiger charge is -2.12. The van der Waals surface area contributed by atoms with Crippen molar-refractivity contribution in [2.24, 2.45) is 0 Å². The molecule has 0 radical (unpaired) electrons. The number of fused-ring (bicyclic) bond motifs is 1. The van der Waals surface area contributed by atoms with Crippen LogP contribution in [0, 0.1) is 0 Å². The van der Waals surface area contributed by atoms with E-state index < -0.39 is 0 Å². The number of carbonyl (C=O) groups is 2. The highest BCUT2D eigenvalue weighted by molar-refractivity contribution is 7.98. The molecular formula is C22H20Cl2N4O2S.